The van der Waals surface area contributed by atoms with Crippen LogP contribution in [0.25, 0.3) is 16.6 Å². The number of rotatable bonds is 6. The van der Waals surface area contributed by atoms with Gasteiger partial charge in [0.1, 0.15) is 5.69 Å². The molecule has 0 saturated heterocycles. The molecule has 11 heteroatoms. The molecule has 1 aliphatic heterocycles. The number of sulfonamides is 1. The van der Waals surface area contributed by atoms with Crippen molar-refractivity contribution < 1.29 is 18.0 Å². The summed E-state index contributed by atoms with van der Waals surface area (Å²) in [5, 5.41) is 4.03. The topological polar surface area (TPSA) is 101 Å². The molecule has 38 heavy (non-hydrogen) atoms. The number of hydrogen-bond acceptors (Lipinski definition) is 4. The predicted molar refractivity (Wildman–Crippen MR) is 151 cm³/mol. The third-order valence-electron chi connectivity index (χ3n) is 6.53. The minimum Gasteiger partial charge on any atom is -0.340 e. The van der Waals surface area contributed by atoms with Crippen LogP contribution >= 0.6 is 27.5 Å². The van der Waals surface area contributed by atoms with Gasteiger partial charge in [0.2, 0.25) is 0 Å². The van der Waals surface area contributed by atoms with Crippen LogP contribution in [0.1, 0.15) is 21.6 Å². The molecule has 0 atom stereocenters. The molecule has 0 fully saturated rings. The quantitative estimate of drug-likeness (QED) is 0.322. The molecule has 1 aromatic heterocycles. The number of aromatic nitrogens is 1. The van der Waals surface area contributed by atoms with Crippen molar-refractivity contribution in [2.24, 2.45) is 0 Å². The molecular formula is C27H24BrClN4O4S. The molecular weight excluding hydrogens is 592 g/mol. The number of nitrogens with zero attached hydrogens (tertiary/aromatic N) is 2. The van der Waals surface area contributed by atoms with Crippen molar-refractivity contribution in [2.45, 2.75) is 17.7 Å². The molecule has 196 valence electrons. The van der Waals surface area contributed by atoms with E-state index >= 15 is 0 Å². The number of carbonyl (C=O) groups excluding carboxylic acids is 2. The minimum atomic E-state index is -4.00. The molecule has 0 spiro atoms. The van der Waals surface area contributed by atoms with Gasteiger partial charge in [-0.05, 0) is 78.6 Å². The molecule has 0 bridgehead atoms. The Labute approximate surface area is 233 Å². The number of hydrogen-bond donors (Lipinski definition) is 2. The lowest BCUT2D eigenvalue weighted by Crippen LogP contribution is -2.40. The molecule has 1 aliphatic rings. The van der Waals surface area contributed by atoms with Gasteiger partial charge in [-0.1, -0.05) is 39.7 Å². The highest BCUT2D eigenvalue weighted by Crippen LogP contribution is 2.34. The molecule has 3 aromatic carbocycles. The van der Waals surface area contributed by atoms with Crippen LogP contribution in [0.2, 0.25) is 5.02 Å². The predicted octanol–water partition coefficient (Wildman–Crippen LogP) is 4.91. The van der Waals surface area contributed by atoms with Gasteiger partial charge in [0.15, 0.2) is 0 Å². The van der Waals surface area contributed by atoms with Gasteiger partial charge in [-0.15, -0.1) is 0 Å². The van der Waals surface area contributed by atoms with Crippen LogP contribution in [0.5, 0.6) is 0 Å². The normalized spacial score (nSPS) is 13.4. The minimum absolute atomic E-state index is 0.00795. The zero-order valence-corrected chi connectivity index (χ0v) is 23.5. The summed E-state index contributed by atoms with van der Waals surface area (Å²) in [6.45, 7) is 0.915. The van der Waals surface area contributed by atoms with E-state index in [-0.39, 0.29) is 17.3 Å². The fraction of sp³-hybridized carbons (Fsp3) is 0.185. The second kappa shape index (κ2) is 10.4. The van der Waals surface area contributed by atoms with E-state index in [9.17, 15) is 18.0 Å². The molecule has 3 amide bonds. The number of halogens is 2. The molecule has 0 unspecified atom stereocenters. The summed E-state index contributed by atoms with van der Waals surface area (Å²) < 4.78 is 29.7. The van der Waals surface area contributed by atoms with E-state index in [1.54, 1.807) is 4.90 Å². The van der Waals surface area contributed by atoms with Gasteiger partial charge >= 0.3 is 6.03 Å². The molecule has 2 N–H and O–H groups in total. The van der Waals surface area contributed by atoms with E-state index in [1.807, 2.05) is 52.7 Å². The van der Waals surface area contributed by atoms with Gasteiger partial charge < -0.3 is 14.8 Å². The van der Waals surface area contributed by atoms with Gasteiger partial charge in [-0.2, -0.15) is 0 Å². The summed E-state index contributed by atoms with van der Waals surface area (Å²) >= 11 is 9.34. The van der Waals surface area contributed by atoms with Gasteiger partial charge in [0.05, 0.1) is 10.4 Å². The van der Waals surface area contributed by atoms with Crippen molar-refractivity contribution in [2.75, 3.05) is 20.1 Å². The van der Waals surface area contributed by atoms with Crippen molar-refractivity contribution in [3.8, 4) is 5.69 Å². The van der Waals surface area contributed by atoms with Crippen molar-refractivity contribution in [1.29, 1.82) is 0 Å². The number of urea groups is 1. The molecule has 4 aromatic rings. The Hall–Kier alpha value is -3.34. The number of carbonyl (C=O) groups is 2. The third-order valence-corrected chi connectivity index (χ3v) is 8.62. The summed E-state index contributed by atoms with van der Waals surface area (Å²) in [7, 11) is -2.18. The molecule has 0 saturated carbocycles. The Balaban J connectivity index is 1.29. The number of benzene rings is 3. The van der Waals surface area contributed by atoms with Crippen molar-refractivity contribution in [3.05, 3.63) is 93.0 Å². The van der Waals surface area contributed by atoms with E-state index in [4.69, 9.17) is 11.6 Å². The van der Waals surface area contributed by atoms with Crippen LogP contribution in [0.15, 0.2) is 76.1 Å². The third kappa shape index (κ3) is 5.16. The van der Waals surface area contributed by atoms with Crippen LogP contribution in [-0.2, 0) is 22.9 Å². The summed E-state index contributed by atoms with van der Waals surface area (Å²) in [5.74, 6) is -0.00795. The fourth-order valence-electron chi connectivity index (χ4n) is 4.60. The average molecular weight is 616 g/mol. The molecule has 0 radical (unpaired) electrons. The summed E-state index contributed by atoms with van der Waals surface area (Å²) in [4.78, 5) is 27.0. The standard InChI is InChI=1S/C27H24BrClN4O4S/c1-32-15-13-22-23-16-18(28)4-11-24(23)33(25(22)26(32)34)20-7-2-17(3-8-20)12-14-30-27(35)31-38(36,37)21-9-5-19(29)6-10-21/h2-11,16H,12-15H2,1H3,(H2,30,31,35). The second-order valence-electron chi connectivity index (χ2n) is 9.03. The molecule has 5 rings (SSSR count). The Bertz CT molecular complexity index is 1650. The van der Waals surface area contributed by atoms with Crippen LogP contribution in [0, 0.1) is 0 Å². The van der Waals surface area contributed by atoms with Gasteiger partial charge in [-0.25, -0.2) is 17.9 Å². The SMILES string of the molecule is CN1CCc2c(n(-c3ccc(CCNC(=O)NS(=O)(=O)c4ccc(Cl)cc4)cc3)c3ccc(Br)cc23)C1=O. The van der Waals surface area contributed by atoms with E-state index < -0.39 is 16.1 Å². The van der Waals surface area contributed by atoms with Crippen molar-refractivity contribution >= 4 is 60.4 Å². The Morgan fingerprint density at radius 3 is 2.47 bits per heavy atom. The second-order valence-corrected chi connectivity index (χ2v) is 12.1. The van der Waals surface area contributed by atoms with E-state index in [0.717, 1.165) is 38.6 Å². The first kappa shape index (κ1) is 26.3. The zero-order chi connectivity index (χ0) is 27.0. The number of nitrogens with one attached hydrogen (secondary N) is 2. The van der Waals surface area contributed by atoms with E-state index in [2.05, 4.69) is 27.3 Å². The van der Waals surface area contributed by atoms with Gasteiger partial charge in [-0.3, -0.25) is 4.79 Å². The molecule has 8 nitrogen and oxygen atoms in total. The summed E-state index contributed by atoms with van der Waals surface area (Å²) in [6.07, 6.45) is 1.28. The Kier molecular flexibility index (Phi) is 7.21. The Morgan fingerprint density at radius 1 is 1.05 bits per heavy atom. The van der Waals surface area contributed by atoms with Crippen LogP contribution < -0.4 is 10.0 Å². The fourth-order valence-corrected chi connectivity index (χ4v) is 6.01. The summed E-state index contributed by atoms with van der Waals surface area (Å²) in [6, 6.07) is 18.5. The lowest BCUT2D eigenvalue weighted by atomic mass is 10.0. The highest BCUT2D eigenvalue weighted by Gasteiger charge is 2.29. The highest BCUT2D eigenvalue weighted by atomic mass is 79.9. The Morgan fingerprint density at radius 2 is 1.76 bits per heavy atom. The number of fused-ring (bicyclic) bond motifs is 3. The first-order valence-electron chi connectivity index (χ1n) is 11.9. The largest absolute Gasteiger partial charge is 0.340 e. The average Bonchev–Trinajstić information content (AvgIpc) is 3.20. The number of likely N-dealkylation sites (N-methyl/N-ethyl adjacent to an activating group) is 1. The molecule has 0 aliphatic carbocycles. The van der Waals surface area contributed by atoms with Crippen LogP contribution in [0.4, 0.5) is 4.79 Å². The van der Waals surface area contributed by atoms with Gasteiger partial charge in [0, 0.05) is 40.7 Å². The van der Waals surface area contributed by atoms with Gasteiger partial charge in [0.25, 0.3) is 15.9 Å². The van der Waals surface area contributed by atoms with Crippen molar-refractivity contribution in [1.82, 2.24) is 19.5 Å². The van der Waals surface area contributed by atoms with Crippen LogP contribution in [-0.4, -0.2) is 50.0 Å². The summed E-state index contributed by atoms with van der Waals surface area (Å²) in [5.41, 5.74) is 4.52. The zero-order valence-electron chi connectivity index (χ0n) is 20.4. The maximum absolute atomic E-state index is 13.1. The van der Waals surface area contributed by atoms with Crippen LogP contribution in [0.3, 0.4) is 0 Å². The van der Waals surface area contributed by atoms with E-state index in [1.165, 1.54) is 24.3 Å². The van der Waals surface area contributed by atoms with E-state index in [0.29, 0.717) is 23.7 Å². The number of amides is 3. The highest BCUT2D eigenvalue weighted by molar-refractivity contribution is 9.10. The maximum atomic E-state index is 13.1. The first-order chi connectivity index (χ1) is 18.1. The van der Waals surface area contributed by atoms with Crippen molar-refractivity contribution in [3.63, 3.8) is 0 Å². The monoisotopic (exact) mass is 614 g/mol. The smallest absolute Gasteiger partial charge is 0.328 e. The molecule has 2 heterocycles. The first-order valence-corrected chi connectivity index (χ1v) is 14.5. The lowest BCUT2D eigenvalue weighted by molar-refractivity contribution is 0.0773. The lowest BCUT2D eigenvalue weighted by Gasteiger charge is -2.24. The maximum Gasteiger partial charge on any atom is 0.328 e.